The number of hydrogen-bond donors (Lipinski definition) is 1. The van der Waals surface area contributed by atoms with Crippen molar-refractivity contribution in [2.45, 2.75) is 44.0 Å². The van der Waals surface area contributed by atoms with Gasteiger partial charge in [0.05, 0.1) is 5.69 Å². The van der Waals surface area contributed by atoms with Crippen LogP contribution in [-0.4, -0.2) is 18.2 Å². The van der Waals surface area contributed by atoms with Gasteiger partial charge in [-0.05, 0) is 37.3 Å². The maximum atomic E-state index is 12.7. The van der Waals surface area contributed by atoms with Crippen molar-refractivity contribution in [3.63, 3.8) is 0 Å². The van der Waals surface area contributed by atoms with Crippen LogP contribution in [0.5, 0.6) is 0 Å². The van der Waals surface area contributed by atoms with E-state index < -0.39 is 10.0 Å². The first-order chi connectivity index (χ1) is 10.4. The quantitative estimate of drug-likeness (QED) is 0.940. The third-order valence-corrected chi connectivity index (χ3v) is 5.68. The van der Waals surface area contributed by atoms with E-state index in [0.717, 1.165) is 18.4 Å². The summed E-state index contributed by atoms with van der Waals surface area (Å²) in [6, 6.07) is 6.07. The minimum absolute atomic E-state index is 0.148. The van der Waals surface area contributed by atoms with Crippen LogP contribution in [0.25, 0.3) is 0 Å². The van der Waals surface area contributed by atoms with E-state index in [9.17, 15) is 8.42 Å². The van der Waals surface area contributed by atoms with Crippen molar-refractivity contribution in [3.8, 4) is 0 Å². The normalized spacial score (nSPS) is 17.7. The van der Waals surface area contributed by atoms with Gasteiger partial charge in [-0.25, -0.2) is 13.1 Å². The fourth-order valence-electron chi connectivity index (χ4n) is 3.10. The molecule has 5 nitrogen and oxygen atoms in total. The maximum absolute atomic E-state index is 12.7. The van der Waals surface area contributed by atoms with E-state index in [0.29, 0.717) is 12.1 Å². The molecule has 118 valence electrons. The third kappa shape index (κ3) is 2.68. The molecule has 0 spiro atoms. The van der Waals surface area contributed by atoms with Crippen molar-refractivity contribution in [2.75, 3.05) is 0 Å². The number of aromatic nitrogens is 2. The Bertz CT molecular complexity index is 809. The molecule has 1 aliphatic carbocycles. The molecule has 0 fully saturated rings. The van der Waals surface area contributed by atoms with Gasteiger partial charge in [-0.3, -0.25) is 4.68 Å². The van der Waals surface area contributed by atoms with E-state index in [1.807, 2.05) is 19.1 Å². The lowest BCUT2D eigenvalue weighted by Crippen LogP contribution is -2.27. The molecule has 1 aliphatic rings. The van der Waals surface area contributed by atoms with Crippen LogP contribution < -0.4 is 4.72 Å². The summed E-state index contributed by atoms with van der Waals surface area (Å²) in [5.74, 6) is 0. The first-order valence-corrected chi connectivity index (χ1v) is 9.03. The van der Waals surface area contributed by atoms with Gasteiger partial charge in [-0.15, -0.1) is 0 Å². The summed E-state index contributed by atoms with van der Waals surface area (Å²) in [6.45, 7) is 3.97. The molecule has 3 rings (SSSR count). The molecule has 0 bridgehead atoms. The second kappa shape index (κ2) is 5.52. The van der Waals surface area contributed by atoms with Crippen LogP contribution in [0.3, 0.4) is 0 Å². The number of rotatable bonds is 4. The van der Waals surface area contributed by atoms with E-state index in [1.54, 1.807) is 17.9 Å². The maximum Gasteiger partial charge on any atom is 0.244 e. The molecular weight excluding hydrogens is 298 g/mol. The summed E-state index contributed by atoms with van der Waals surface area (Å²) >= 11 is 0. The van der Waals surface area contributed by atoms with Crippen molar-refractivity contribution in [3.05, 3.63) is 46.8 Å². The predicted molar refractivity (Wildman–Crippen MR) is 85.1 cm³/mol. The van der Waals surface area contributed by atoms with E-state index in [2.05, 4.69) is 22.8 Å². The Hall–Kier alpha value is -1.66. The Morgan fingerprint density at radius 2 is 2.18 bits per heavy atom. The number of fused-ring (bicyclic) bond motifs is 1. The van der Waals surface area contributed by atoms with Crippen LogP contribution in [0.4, 0.5) is 0 Å². The molecular formula is C16H21N3O2S. The molecule has 1 aromatic carbocycles. The summed E-state index contributed by atoms with van der Waals surface area (Å²) in [7, 11) is -1.81. The van der Waals surface area contributed by atoms with Gasteiger partial charge in [-0.2, -0.15) is 5.10 Å². The summed E-state index contributed by atoms with van der Waals surface area (Å²) in [5, 5.41) is 4.22. The molecule has 0 radical (unpaired) electrons. The number of nitrogens with zero attached hydrogens (tertiary/aromatic N) is 2. The van der Waals surface area contributed by atoms with Gasteiger partial charge in [0.1, 0.15) is 4.90 Å². The highest BCUT2D eigenvalue weighted by molar-refractivity contribution is 7.89. The summed E-state index contributed by atoms with van der Waals surface area (Å²) in [5.41, 5.74) is 4.16. The van der Waals surface area contributed by atoms with Crippen molar-refractivity contribution in [1.82, 2.24) is 14.5 Å². The predicted octanol–water partition coefficient (Wildman–Crippen LogP) is 2.26. The highest BCUT2D eigenvalue weighted by Crippen LogP contribution is 2.33. The van der Waals surface area contributed by atoms with Gasteiger partial charge >= 0.3 is 0 Å². The SMILES string of the molecule is CCc1nn(C)cc1S(=O)(=O)NC1CCc2cc(C)ccc21. The Kier molecular flexibility index (Phi) is 3.82. The topological polar surface area (TPSA) is 64.0 Å². The number of nitrogens with one attached hydrogen (secondary N) is 1. The lowest BCUT2D eigenvalue weighted by Gasteiger charge is -2.14. The zero-order valence-electron chi connectivity index (χ0n) is 13.1. The van der Waals surface area contributed by atoms with Gasteiger partial charge in [0.25, 0.3) is 0 Å². The fraction of sp³-hybridized carbons (Fsp3) is 0.438. The Morgan fingerprint density at radius 1 is 1.41 bits per heavy atom. The molecule has 1 N–H and O–H groups in total. The summed E-state index contributed by atoms with van der Waals surface area (Å²) < 4.78 is 29.8. The van der Waals surface area contributed by atoms with Crippen LogP contribution in [-0.2, 0) is 29.9 Å². The van der Waals surface area contributed by atoms with Gasteiger partial charge in [0.2, 0.25) is 10.0 Å². The lowest BCUT2D eigenvalue weighted by molar-refractivity contribution is 0.553. The molecule has 1 heterocycles. The zero-order chi connectivity index (χ0) is 15.9. The molecule has 6 heteroatoms. The van der Waals surface area contributed by atoms with Crippen molar-refractivity contribution < 1.29 is 8.42 Å². The molecule has 1 unspecified atom stereocenters. The lowest BCUT2D eigenvalue weighted by atomic mass is 10.1. The smallest absolute Gasteiger partial charge is 0.244 e. The van der Waals surface area contributed by atoms with Crippen LogP contribution >= 0.6 is 0 Å². The van der Waals surface area contributed by atoms with Gasteiger partial charge in [-0.1, -0.05) is 30.7 Å². The number of benzene rings is 1. The second-order valence-corrected chi connectivity index (χ2v) is 7.56. The zero-order valence-corrected chi connectivity index (χ0v) is 13.9. The molecule has 0 saturated carbocycles. The molecule has 22 heavy (non-hydrogen) atoms. The van der Waals surface area contributed by atoms with Crippen molar-refractivity contribution in [2.24, 2.45) is 7.05 Å². The first kappa shape index (κ1) is 15.2. The van der Waals surface area contributed by atoms with Crippen LogP contribution in [0.1, 0.15) is 41.8 Å². The number of sulfonamides is 1. The Balaban J connectivity index is 1.91. The van der Waals surface area contributed by atoms with Gasteiger partial charge in [0, 0.05) is 19.3 Å². The van der Waals surface area contributed by atoms with Gasteiger partial charge < -0.3 is 0 Å². The largest absolute Gasteiger partial charge is 0.274 e. The molecule has 1 atom stereocenters. The highest BCUT2D eigenvalue weighted by Gasteiger charge is 2.29. The minimum atomic E-state index is -3.55. The van der Waals surface area contributed by atoms with E-state index >= 15 is 0 Å². The Labute approximate surface area is 131 Å². The standard InChI is InChI=1S/C16H21N3O2S/c1-4-14-16(10-19(3)17-14)22(20,21)18-15-8-6-12-9-11(2)5-7-13(12)15/h5,7,9-10,15,18H,4,6,8H2,1-3H3. The van der Waals surface area contributed by atoms with Crippen molar-refractivity contribution in [1.29, 1.82) is 0 Å². The Morgan fingerprint density at radius 3 is 2.91 bits per heavy atom. The minimum Gasteiger partial charge on any atom is -0.274 e. The summed E-state index contributed by atoms with van der Waals surface area (Å²) in [4.78, 5) is 0.290. The van der Waals surface area contributed by atoms with E-state index in [1.165, 1.54) is 11.1 Å². The van der Waals surface area contributed by atoms with Crippen LogP contribution in [0.15, 0.2) is 29.3 Å². The average Bonchev–Trinajstić information content (AvgIpc) is 3.02. The van der Waals surface area contributed by atoms with Gasteiger partial charge in [0.15, 0.2) is 0 Å². The highest BCUT2D eigenvalue weighted by atomic mass is 32.2. The van der Waals surface area contributed by atoms with Crippen LogP contribution in [0.2, 0.25) is 0 Å². The molecule has 0 saturated heterocycles. The summed E-state index contributed by atoms with van der Waals surface area (Å²) in [6.07, 6.45) is 3.89. The first-order valence-electron chi connectivity index (χ1n) is 7.55. The number of hydrogen-bond acceptors (Lipinski definition) is 3. The van der Waals surface area contributed by atoms with Crippen LogP contribution in [0, 0.1) is 6.92 Å². The molecule has 0 amide bonds. The van der Waals surface area contributed by atoms with Crippen molar-refractivity contribution >= 4 is 10.0 Å². The van der Waals surface area contributed by atoms with E-state index in [4.69, 9.17) is 0 Å². The monoisotopic (exact) mass is 319 g/mol. The molecule has 1 aromatic heterocycles. The number of aryl methyl sites for hydroxylation is 4. The third-order valence-electron chi connectivity index (χ3n) is 4.17. The second-order valence-electron chi connectivity index (χ2n) is 5.88. The molecule has 2 aromatic rings. The molecule has 0 aliphatic heterocycles. The average molecular weight is 319 g/mol. The fourth-order valence-corrected chi connectivity index (χ4v) is 4.63. The van der Waals surface area contributed by atoms with E-state index in [-0.39, 0.29) is 10.9 Å².